The second-order valence-corrected chi connectivity index (χ2v) is 8.33. The van der Waals surface area contributed by atoms with Crippen molar-refractivity contribution in [2.45, 2.75) is 11.5 Å². The normalized spacial score (nSPS) is 11.4. The summed E-state index contributed by atoms with van der Waals surface area (Å²) in [6, 6.07) is 19.6. The number of nitrogens with one attached hydrogen (secondary N) is 4. The number of carbonyl (C=O) groups excluding carboxylic acids is 1. The molecule has 1 heterocycles. The van der Waals surface area contributed by atoms with E-state index >= 15 is 0 Å². The number of hydrogen-bond donors (Lipinski definition) is 4. The molecule has 4 aromatic rings. The molecule has 0 saturated heterocycles. The third-order valence-corrected chi connectivity index (χ3v) is 5.82. The van der Waals surface area contributed by atoms with Crippen molar-refractivity contribution >= 4 is 32.7 Å². The summed E-state index contributed by atoms with van der Waals surface area (Å²) in [6.07, 6.45) is 0. The molecule has 0 bridgehead atoms. The molecule has 3 aromatic carbocycles. The molecule has 0 aliphatic heterocycles. The molecule has 31 heavy (non-hydrogen) atoms. The summed E-state index contributed by atoms with van der Waals surface area (Å²) in [7, 11) is -4.02. The van der Waals surface area contributed by atoms with Gasteiger partial charge in [-0.25, -0.2) is 18.7 Å². The smallest absolute Gasteiger partial charge is 0.306 e. The number of fused-ring (bicyclic) bond motifs is 1. The largest absolute Gasteiger partial charge is 0.323 e. The fraction of sp³-hybridized carbons (Fsp3) is 0.0476. The number of para-hydroxylation sites is 1. The van der Waals surface area contributed by atoms with Crippen LogP contribution in [0.5, 0.6) is 0 Å². The Balaban J connectivity index is 1.51. The van der Waals surface area contributed by atoms with Crippen LogP contribution < -0.4 is 15.9 Å². The average molecular weight is 438 g/mol. The third-order valence-electron chi connectivity index (χ3n) is 4.46. The molecule has 9 nitrogen and oxygen atoms in total. The molecule has 0 aliphatic carbocycles. The first-order chi connectivity index (χ1) is 14.9. The number of benzene rings is 3. The number of imidazole rings is 1. The first kappa shape index (κ1) is 20.4. The van der Waals surface area contributed by atoms with Gasteiger partial charge in [-0.05, 0) is 35.9 Å². The molecule has 0 atom stereocenters. The molecular weight excluding hydrogens is 420 g/mol. The van der Waals surface area contributed by atoms with Crippen molar-refractivity contribution in [3.63, 3.8) is 0 Å². The molecule has 4 N–H and O–H groups in total. The molecule has 4 rings (SSSR count). The van der Waals surface area contributed by atoms with E-state index < -0.39 is 21.6 Å². The van der Waals surface area contributed by atoms with Crippen molar-refractivity contribution < 1.29 is 18.0 Å². The molecule has 0 spiro atoms. The minimum absolute atomic E-state index is 0.0641. The van der Waals surface area contributed by atoms with Gasteiger partial charge in [-0.1, -0.05) is 42.5 Å². The Morgan fingerprint density at radius 3 is 2.42 bits per heavy atom. The highest BCUT2D eigenvalue weighted by Gasteiger charge is 2.19. The fourth-order valence-electron chi connectivity index (χ4n) is 2.97. The van der Waals surface area contributed by atoms with E-state index in [1.807, 2.05) is 30.3 Å². The van der Waals surface area contributed by atoms with Gasteiger partial charge in [0.15, 0.2) is 0 Å². The summed E-state index contributed by atoms with van der Waals surface area (Å²) < 4.78 is 28.1. The van der Waals surface area contributed by atoms with Crippen LogP contribution in [0.15, 0.2) is 82.5 Å². The van der Waals surface area contributed by atoms with Gasteiger partial charge in [0.25, 0.3) is 15.9 Å². The maximum absolute atomic E-state index is 12.8. The molecule has 1 aromatic heterocycles. The zero-order chi connectivity index (χ0) is 21.8. The maximum atomic E-state index is 12.8. The lowest BCUT2D eigenvalue weighted by Crippen LogP contribution is -2.25. The number of aromatic amines is 2. The van der Waals surface area contributed by atoms with E-state index in [0.29, 0.717) is 11.0 Å². The molecule has 0 saturated carbocycles. The monoisotopic (exact) mass is 438 g/mol. The highest BCUT2D eigenvalue weighted by atomic mass is 32.2. The Morgan fingerprint density at radius 2 is 1.61 bits per heavy atom. The highest BCUT2D eigenvalue weighted by Crippen LogP contribution is 2.22. The van der Waals surface area contributed by atoms with Crippen molar-refractivity contribution in [3.05, 3.63) is 94.4 Å². The second kappa shape index (κ2) is 8.46. The lowest BCUT2D eigenvalue weighted by molar-refractivity contribution is 0.0234. The number of anilines is 1. The molecule has 0 radical (unpaired) electrons. The van der Waals surface area contributed by atoms with E-state index in [-0.39, 0.29) is 22.8 Å². The first-order valence-corrected chi connectivity index (χ1v) is 10.7. The number of aromatic nitrogens is 2. The van der Waals surface area contributed by atoms with Crippen molar-refractivity contribution in [1.82, 2.24) is 15.4 Å². The van der Waals surface area contributed by atoms with Crippen LogP contribution in [-0.2, 0) is 21.5 Å². The number of rotatable bonds is 7. The van der Waals surface area contributed by atoms with Crippen molar-refractivity contribution in [3.8, 4) is 0 Å². The highest BCUT2D eigenvalue weighted by molar-refractivity contribution is 7.92. The summed E-state index contributed by atoms with van der Waals surface area (Å²) in [4.78, 5) is 34.2. The topological polar surface area (TPSA) is 133 Å². The van der Waals surface area contributed by atoms with Crippen LogP contribution in [-0.4, -0.2) is 24.3 Å². The van der Waals surface area contributed by atoms with Gasteiger partial charge in [0.2, 0.25) is 0 Å². The van der Waals surface area contributed by atoms with E-state index in [0.717, 1.165) is 5.56 Å². The van der Waals surface area contributed by atoms with Gasteiger partial charge >= 0.3 is 5.69 Å². The van der Waals surface area contributed by atoms with Crippen molar-refractivity contribution in [2.24, 2.45) is 0 Å². The summed E-state index contributed by atoms with van der Waals surface area (Å²) in [6.45, 7) is 0.162. The first-order valence-electron chi connectivity index (χ1n) is 9.22. The predicted octanol–water partition coefficient (Wildman–Crippen LogP) is 2.52. The van der Waals surface area contributed by atoms with E-state index in [4.69, 9.17) is 4.84 Å². The van der Waals surface area contributed by atoms with Gasteiger partial charge in [0.05, 0.1) is 33.8 Å². The number of hydroxylamine groups is 1. The van der Waals surface area contributed by atoms with Crippen LogP contribution in [0, 0.1) is 0 Å². The van der Waals surface area contributed by atoms with Crippen LogP contribution in [0.25, 0.3) is 11.0 Å². The molecular formula is C21H18N4O5S. The van der Waals surface area contributed by atoms with E-state index in [1.165, 1.54) is 30.3 Å². The Morgan fingerprint density at radius 1 is 0.903 bits per heavy atom. The van der Waals surface area contributed by atoms with E-state index in [1.54, 1.807) is 12.1 Å². The zero-order valence-electron chi connectivity index (χ0n) is 16.1. The van der Waals surface area contributed by atoms with Gasteiger partial charge in [0, 0.05) is 0 Å². The van der Waals surface area contributed by atoms with E-state index in [2.05, 4.69) is 20.2 Å². The lowest BCUT2D eigenvalue weighted by atomic mass is 10.2. The minimum Gasteiger partial charge on any atom is -0.306 e. The Kier molecular flexibility index (Phi) is 5.56. The van der Waals surface area contributed by atoms with Crippen LogP contribution in [0.2, 0.25) is 0 Å². The SMILES string of the molecule is O=C(NOCc1ccccc1)c1ccccc1NS(=O)(=O)c1ccc2[nH]c(=O)[nH]c2c1. The molecule has 0 aliphatic rings. The number of carbonyl (C=O) groups is 1. The number of amides is 1. The second-order valence-electron chi connectivity index (χ2n) is 6.64. The Labute approximate surface area is 177 Å². The van der Waals surface area contributed by atoms with Crippen LogP contribution in [0.3, 0.4) is 0 Å². The minimum atomic E-state index is -4.02. The van der Waals surface area contributed by atoms with Gasteiger partial charge in [0.1, 0.15) is 0 Å². The summed E-state index contributed by atoms with van der Waals surface area (Å²) in [5.74, 6) is -0.598. The van der Waals surface area contributed by atoms with Crippen molar-refractivity contribution in [1.29, 1.82) is 0 Å². The van der Waals surface area contributed by atoms with E-state index in [9.17, 15) is 18.0 Å². The van der Waals surface area contributed by atoms with Gasteiger partial charge in [-0.3, -0.25) is 14.4 Å². The summed E-state index contributed by atoms with van der Waals surface area (Å²) in [5.41, 5.74) is 3.78. The summed E-state index contributed by atoms with van der Waals surface area (Å²) >= 11 is 0. The Bertz CT molecular complexity index is 1390. The Hall–Kier alpha value is -3.89. The molecule has 10 heteroatoms. The average Bonchev–Trinajstić information content (AvgIpc) is 3.14. The fourth-order valence-corrected chi connectivity index (χ4v) is 4.07. The lowest BCUT2D eigenvalue weighted by Gasteiger charge is -2.13. The number of sulfonamides is 1. The molecule has 0 unspecified atom stereocenters. The zero-order valence-corrected chi connectivity index (χ0v) is 16.9. The third kappa shape index (κ3) is 4.65. The quantitative estimate of drug-likeness (QED) is 0.329. The maximum Gasteiger partial charge on any atom is 0.323 e. The molecule has 158 valence electrons. The number of H-pyrrole nitrogens is 2. The predicted molar refractivity (Wildman–Crippen MR) is 115 cm³/mol. The van der Waals surface area contributed by atoms with Crippen LogP contribution in [0.1, 0.15) is 15.9 Å². The van der Waals surface area contributed by atoms with Gasteiger partial charge in [-0.2, -0.15) is 0 Å². The summed E-state index contributed by atoms with van der Waals surface area (Å²) in [5, 5.41) is 0. The van der Waals surface area contributed by atoms with Crippen LogP contribution in [0.4, 0.5) is 5.69 Å². The number of hydrogen-bond acceptors (Lipinski definition) is 5. The van der Waals surface area contributed by atoms with Crippen molar-refractivity contribution in [2.75, 3.05) is 4.72 Å². The van der Waals surface area contributed by atoms with Gasteiger partial charge < -0.3 is 9.97 Å². The standard InChI is InChI=1S/C21H18N4O5S/c26-20(24-30-13-14-6-2-1-3-7-14)16-8-4-5-9-17(16)25-31(28,29)15-10-11-18-19(12-15)23-21(27)22-18/h1-12,25H,13H2,(H,24,26)(H2,22,23,27). The molecule has 0 fully saturated rings. The van der Waals surface area contributed by atoms with Gasteiger partial charge in [-0.15, -0.1) is 0 Å². The van der Waals surface area contributed by atoms with Crippen LogP contribution >= 0.6 is 0 Å². The molecule has 1 amide bonds.